The minimum atomic E-state index is -0.325. The van der Waals surface area contributed by atoms with Crippen LogP contribution in [0.1, 0.15) is 21.7 Å². The van der Waals surface area contributed by atoms with Gasteiger partial charge in [0.05, 0.1) is 4.47 Å². The molecule has 0 fully saturated rings. The highest BCUT2D eigenvalue weighted by atomic mass is 79.9. The zero-order valence-electron chi connectivity index (χ0n) is 10.6. The summed E-state index contributed by atoms with van der Waals surface area (Å²) >= 11 is 3.38. The van der Waals surface area contributed by atoms with Gasteiger partial charge in [-0.25, -0.2) is 4.39 Å². The number of ketones is 1. The molecule has 4 heteroatoms. The largest absolute Gasteiger partial charge is 0.451 e. The Bertz CT molecular complexity index is 820. The summed E-state index contributed by atoms with van der Waals surface area (Å²) in [5.74, 6) is -0.331. The molecule has 0 spiro atoms. The maximum absolute atomic E-state index is 13.2. The van der Waals surface area contributed by atoms with Crippen molar-refractivity contribution in [3.05, 3.63) is 69.6 Å². The molecule has 2 nitrogen and oxygen atoms in total. The molecular weight excluding hydrogens is 323 g/mol. The fourth-order valence-corrected chi connectivity index (χ4v) is 2.53. The van der Waals surface area contributed by atoms with E-state index in [0.717, 1.165) is 9.86 Å². The van der Waals surface area contributed by atoms with E-state index in [-0.39, 0.29) is 17.4 Å². The molecular formula is C16H10BrFO2. The Morgan fingerprint density at radius 3 is 2.70 bits per heavy atom. The SMILES string of the molecule is Cc1cc(C(=O)c2cc3cccc(Br)c3o2)ccc1F. The van der Waals surface area contributed by atoms with Crippen molar-refractivity contribution in [2.24, 2.45) is 0 Å². The molecule has 0 bridgehead atoms. The van der Waals surface area contributed by atoms with Crippen LogP contribution in [0.15, 0.2) is 51.4 Å². The predicted molar refractivity (Wildman–Crippen MR) is 78.5 cm³/mol. The van der Waals surface area contributed by atoms with Crippen LogP contribution in [0.2, 0.25) is 0 Å². The van der Waals surface area contributed by atoms with Gasteiger partial charge in [0.1, 0.15) is 11.4 Å². The van der Waals surface area contributed by atoms with E-state index in [4.69, 9.17) is 4.42 Å². The molecule has 100 valence electrons. The molecule has 0 aliphatic heterocycles. The molecule has 3 rings (SSSR count). The van der Waals surface area contributed by atoms with Gasteiger partial charge < -0.3 is 4.42 Å². The summed E-state index contributed by atoms with van der Waals surface area (Å²) in [6.07, 6.45) is 0. The average Bonchev–Trinajstić information content (AvgIpc) is 2.86. The smallest absolute Gasteiger partial charge is 0.228 e. The summed E-state index contributed by atoms with van der Waals surface area (Å²) in [4.78, 5) is 12.4. The first-order valence-electron chi connectivity index (χ1n) is 6.05. The van der Waals surface area contributed by atoms with E-state index >= 15 is 0 Å². The summed E-state index contributed by atoms with van der Waals surface area (Å²) in [7, 11) is 0. The van der Waals surface area contributed by atoms with E-state index in [2.05, 4.69) is 15.9 Å². The molecule has 20 heavy (non-hydrogen) atoms. The number of carbonyl (C=O) groups is 1. The third kappa shape index (κ3) is 2.16. The Labute approximate surface area is 123 Å². The van der Waals surface area contributed by atoms with Crippen LogP contribution in [-0.4, -0.2) is 5.78 Å². The summed E-state index contributed by atoms with van der Waals surface area (Å²) < 4.78 is 19.6. The molecule has 0 aliphatic rings. The molecule has 0 saturated heterocycles. The van der Waals surface area contributed by atoms with Gasteiger partial charge in [0, 0.05) is 10.9 Å². The lowest BCUT2D eigenvalue weighted by atomic mass is 10.1. The van der Waals surface area contributed by atoms with Crippen LogP contribution < -0.4 is 0 Å². The molecule has 1 heterocycles. The van der Waals surface area contributed by atoms with Crippen molar-refractivity contribution in [3.63, 3.8) is 0 Å². The number of fused-ring (bicyclic) bond motifs is 1. The van der Waals surface area contributed by atoms with Crippen LogP contribution in [0.25, 0.3) is 11.0 Å². The van der Waals surface area contributed by atoms with E-state index in [0.29, 0.717) is 16.7 Å². The average molecular weight is 333 g/mol. The molecule has 0 unspecified atom stereocenters. The number of aryl methyl sites for hydroxylation is 1. The number of hydrogen-bond acceptors (Lipinski definition) is 2. The van der Waals surface area contributed by atoms with Crippen molar-refractivity contribution < 1.29 is 13.6 Å². The molecule has 0 saturated carbocycles. The number of carbonyl (C=O) groups excluding carboxylic acids is 1. The van der Waals surface area contributed by atoms with Gasteiger partial charge in [-0.2, -0.15) is 0 Å². The van der Waals surface area contributed by atoms with Crippen molar-refractivity contribution in [2.45, 2.75) is 6.92 Å². The highest BCUT2D eigenvalue weighted by Crippen LogP contribution is 2.28. The topological polar surface area (TPSA) is 30.2 Å². The van der Waals surface area contributed by atoms with Crippen LogP contribution >= 0.6 is 15.9 Å². The van der Waals surface area contributed by atoms with E-state index < -0.39 is 0 Å². The van der Waals surface area contributed by atoms with E-state index in [1.54, 1.807) is 13.0 Å². The van der Waals surface area contributed by atoms with Crippen LogP contribution in [0.4, 0.5) is 4.39 Å². The standard InChI is InChI=1S/C16H10BrFO2/c1-9-7-10(5-6-13(9)18)15(19)14-8-11-3-2-4-12(17)16(11)20-14/h2-8H,1H3. The normalized spacial score (nSPS) is 10.9. The lowest BCUT2D eigenvalue weighted by Gasteiger charge is -2.00. The van der Waals surface area contributed by atoms with Crippen LogP contribution in [0.3, 0.4) is 0 Å². The van der Waals surface area contributed by atoms with Crippen LogP contribution in [0, 0.1) is 12.7 Å². The van der Waals surface area contributed by atoms with E-state index in [1.807, 2.05) is 18.2 Å². The molecule has 3 aromatic rings. The van der Waals surface area contributed by atoms with Gasteiger partial charge in [-0.05, 0) is 58.7 Å². The lowest BCUT2D eigenvalue weighted by molar-refractivity contribution is 0.101. The minimum Gasteiger partial charge on any atom is -0.451 e. The summed E-state index contributed by atoms with van der Waals surface area (Å²) in [5.41, 5.74) is 1.49. The Kier molecular flexibility index (Phi) is 3.18. The Balaban J connectivity index is 2.08. The summed E-state index contributed by atoms with van der Waals surface area (Å²) in [6.45, 7) is 1.63. The first-order chi connectivity index (χ1) is 9.56. The second-order valence-electron chi connectivity index (χ2n) is 4.56. The third-order valence-electron chi connectivity index (χ3n) is 3.14. The maximum atomic E-state index is 13.2. The minimum absolute atomic E-state index is 0.248. The molecule has 2 aromatic carbocycles. The maximum Gasteiger partial charge on any atom is 0.228 e. The Hall–Kier alpha value is -1.94. The molecule has 0 atom stereocenters. The van der Waals surface area contributed by atoms with Crippen molar-refractivity contribution in [3.8, 4) is 0 Å². The van der Waals surface area contributed by atoms with Gasteiger partial charge in [0.15, 0.2) is 5.76 Å². The molecule has 0 radical (unpaired) electrons. The van der Waals surface area contributed by atoms with Crippen LogP contribution in [-0.2, 0) is 0 Å². The van der Waals surface area contributed by atoms with Gasteiger partial charge >= 0.3 is 0 Å². The molecule has 0 amide bonds. The number of rotatable bonds is 2. The fraction of sp³-hybridized carbons (Fsp3) is 0.0625. The van der Waals surface area contributed by atoms with Gasteiger partial charge in [0.2, 0.25) is 5.78 Å². The molecule has 0 aliphatic carbocycles. The van der Waals surface area contributed by atoms with E-state index in [1.165, 1.54) is 18.2 Å². The number of furan rings is 1. The monoisotopic (exact) mass is 332 g/mol. The summed E-state index contributed by atoms with van der Waals surface area (Å²) in [5, 5.41) is 0.849. The van der Waals surface area contributed by atoms with E-state index in [9.17, 15) is 9.18 Å². The van der Waals surface area contributed by atoms with Gasteiger partial charge in [-0.3, -0.25) is 4.79 Å². The first kappa shape index (κ1) is 13.1. The summed E-state index contributed by atoms with van der Waals surface area (Å²) in [6, 6.07) is 11.6. The number of hydrogen-bond donors (Lipinski definition) is 0. The van der Waals surface area contributed by atoms with Crippen molar-refractivity contribution >= 4 is 32.7 Å². The second-order valence-corrected chi connectivity index (χ2v) is 5.42. The van der Waals surface area contributed by atoms with Gasteiger partial charge in [0.25, 0.3) is 0 Å². The quantitative estimate of drug-likeness (QED) is 0.626. The van der Waals surface area contributed by atoms with Crippen molar-refractivity contribution in [1.29, 1.82) is 0 Å². The molecule has 1 aromatic heterocycles. The third-order valence-corrected chi connectivity index (χ3v) is 3.76. The second kappa shape index (κ2) is 4.87. The van der Waals surface area contributed by atoms with Gasteiger partial charge in [-0.15, -0.1) is 0 Å². The predicted octanol–water partition coefficient (Wildman–Crippen LogP) is 4.87. The van der Waals surface area contributed by atoms with Crippen molar-refractivity contribution in [2.75, 3.05) is 0 Å². The first-order valence-corrected chi connectivity index (χ1v) is 6.84. The fourth-order valence-electron chi connectivity index (χ4n) is 2.07. The van der Waals surface area contributed by atoms with Gasteiger partial charge in [-0.1, -0.05) is 12.1 Å². The highest BCUT2D eigenvalue weighted by Gasteiger charge is 2.16. The zero-order chi connectivity index (χ0) is 14.3. The number of benzene rings is 2. The molecule has 0 N–H and O–H groups in total. The van der Waals surface area contributed by atoms with Crippen LogP contribution in [0.5, 0.6) is 0 Å². The Morgan fingerprint density at radius 2 is 2.00 bits per heavy atom. The highest BCUT2D eigenvalue weighted by molar-refractivity contribution is 9.10. The number of para-hydroxylation sites is 1. The Morgan fingerprint density at radius 1 is 1.20 bits per heavy atom. The number of halogens is 2. The van der Waals surface area contributed by atoms with Crippen molar-refractivity contribution in [1.82, 2.24) is 0 Å². The lowest BCUT2D eigenvalue weighted by Crippen LogP contribution is -2.00. The zero-order valence-corrected chi connectivity index (χ0v) is 12.2.